The Balaban J connectivity index is 2.04. The van der Waals surface area contributed by atoms with Crippen molar-refractivity contribution < 1.29 is 43.2 Å². The molecule has 35 heavy (non-hydrogen) atoms. The standard InChI is InChI=1S/C21H23N5O9/c1-4-34-14(27)9-23-11(3)15-16(24-19(15)29)10(2)18(28)17(25-22)21(31)35-20(30)12-5-7-13(8-6-12)26(32)33/h5-8,10-11,15-16,23H,4,9H2,1-3H3,(H,24,29)/t10-,11-,15-,16-/m1/s1. The number of Topliss-reactive ketones (excluding diaryl/α,β-unsaturated/α-hetero) is 1. The van der Waals surface area contributed by atoms with Crippen LogP contribution in [-0.2, 0) is 28.7 Å². The highest BCUT2D eigenvalue weighted by atomic mass is 16.6. The molecular formula is C21H23N5O9. The van der Waals surface area contributed by atoms with Gasteiger partial charge in [0, 0.05) is 24.1 Å². The number of esters is 3. The summed E-state index contributed by atoms with van der Waals surface area (Å²) in [5.74, 6) is -6.48. The van der Waals surface area contributed by atoms with Gasteiger partial charge in [-0.05, 0) is 26.0 Å². The van der Waals surface area contributed by atoms with Crippen LogP contribution in [0.1, 0.15) is 31.1 Å². The first kappa shape index (κ1) is 27.0. The molecule has 0 aromatic heterocycles. The summed E-state index contributed by atoms with van der Waals surface area (Å²) in [4.78, 5) is 73.5. The van der Waals surface area contributed by atoms with Crippen molar-refractivity contribution in [1.82, 2.24) is 10.6 Å². The first-order valence-electron chi connectivity index (χ1n) is 10.5. The Bertz CT molecular complexity index is 1090. The zero-order valence-corrected chi connectivity index (χ0v) is 19.0. The van der Waals surface area contributed by atoms with E-state index in [-0.39, 0.29) is 24.4 Å². The number of nitrogens with zero attached hydrogens (tertiary/aromatic N) is 3. The molecule has 1 amide bonds. The molecule has 1 saturated heterocycles. The Morgan fingerprint density at radius 1 is 1.23 bits per heavy atom. The molecule has 1 aliphatic heterocycles. The van der Waals surface area contributed by atoms with E-state index in [2.05, 4.69) is 20.2 Å². The fourth-order valence-corrected chi connectivity index (χ4v) is 3.45. The molecule has 1 aliphatic rings. The fourth-order valence-electron chi connectivity index (χ4n) is 3.45. The molecule has 1 fully saturated rings. The van der Waals surface area contributed by atoms with Crippen LogP contribution < -0.4 is 10.6 Å². The summed E-state index contributed by atoms with van der Waals surface area (Å²) in [6.07, 6.45) is 0. The number of non-ortho nitro benzene ring substituents is 1. The smallest absolute Gasteiger partial charge is 0.442 e. The van der Waals surface area contributed by atoms with E-state index in [9.17, 15) is 39.6 Å². The number of hydrogen-bond donors (Lipinski definition) is 2. The number of β-lactam (4-membered cyclic amide) rings is 1. The first-order valence-corrected chi connectivity index (χ1v) is 10.5. The number of nitro groups is 1. The Kier molecular flexibility index (Phi) is 9.03. The van der Waals surface area contributed by atoms with Gasteiger partial charge in [0.15, 0.2) is 0 Å². The van der Waals surface area contributed by atoms with Crippen LogP contribution in [0.15, 0.2) is 24.3 Å². The third-order valence-electron chi connectivity index (χ3n) is 5.39. The molecule has 1 aromatic carbocycles. The van der Waals surface area contributed by atoms with Crippen molar-refractivity contribution in [2.24, 2.45) is 11.8 Å². The zero-order chi connectivity index (χ0) is 26.3. The SMILES string of the molecule is CCOC(=O)CN[C@H](C)[C@H]1C(=O)N[C@@H]1[C@@H](C)C(=O)C(=[N+]=[N-])C(=O)OC(=O)c1ccc([N+](=O)[O-])cc1. The van der Waals surface area contributed by atoms with Crippen LogP contribution in [0.5, 0.6) is 0 Å². The number of rotatable bonds is 11. The molecule has 4 atom stereocenters. The number of ketones is 1. The Hall–Kier alpha value is -4.29. The summed E-state index contributed by atoms with van der Waals surface area (Å²) in [6.45, 7) is 4.70. The van der Waals surface area contributed by atoms with Gasteiger partial charge in [0.05, 0.1) is 35.6 Å². The summed E-state index contributed by atoms with van der Waals surface area (Å²) < 4.78 is 9.37. The van der Waals surface area contributed by atoms with E-state index in [1.54, 1.807) is 13.8 Å². The van der Waals surface area contributed by atoms with Gasteiger partial charge < -0.3 is 25.6 Å². The number of hydrogen-bond acceptors (Lipinski definition) is 10. The average molecular weight is 489 g/mol. The lowest BCUT2D eigenvalue weighted by atomic mass is 9.75. The summed E-state index contributed by atoms with van der Waals surface area (Å²) in [6, 6.07) is 2.83. The lowest BCUT2D eigenvalue weighted by Crippen LogP contribution is -2.68. The topological polar surface area (TPSA) is 207 Å². The summed E-state index contributed by atoms with van der Waals surface area (Å²) >= 11 is 0. The van der Waals surface area contributed by atoms with Gasteiger partial charge in [-0.1, -0.05) is 6.92 Å². The van der Waals surface area contributed by atoms with E-state index in [1.807, 2.05) is 0 Å². The van der Waals surface area contributed by atoms with Gasteiger partial charge >= 0.3 is 23.6 Å². The number of amides is 1. The van der Waals surface area contributed by atoms with Gasteiger partial charge in [-0.3, -0.25) is 24.5 Å². The van der Waals surface area contributed by atoms with E-state index in [0.29, 0.717) is 0 Å². The average Bonchev–Trinajstić information content (AvgIpc) is 2.81. The van der Waals surface area contributed by atoms with E-state index in [0.717, 1.165) is 24.3 Å². The third kappa shape index (κ3) is 6.40. The lowest BCUT2D eigenvalue weighted by Gasteiger charge is -2.42. The molecular weight excluding hydrogens is 466 g/mol. The molecule has 0 unspecified atom stereocenters. The number of carbonyl (C=O) groups is 5. The second kappa shape index (κ2) is 11.7. The number of nitrogens with one attached hydrogen (secondary N) is 2. The van der Waals surface area contributed by atoms with Crippen molar-refractivity contribution >= 4 is 41.0 Å². The van der Waals surface area contributed by atoms with Gasteiger partial charge in [-0.2, -0.15) is 4.79 Å². The molecule has 2 N–H and O–H groups in total. The fraction of sp³-hybridized carbons (Fsp3) is 0.429. The van der Waals surface area contributed by atoms with Crippen LogP contribution >= 0.6 is 0 Å². The molecule has 0 saturated carbocycles. The van der Waals surface area contributed by atoms with Crippen molar-refractivity contribution in [2.45, 2.75) is 32.9 Å². The van der Waals surface area contributed by atoms with Gasteiger partial charge in [0.25, 0.3) is 11.5 Å². The summed E-state index contributed by atoms with van der Waals surface area (Å²) in [5.41, 5.74) is 7.64. The highest BCUT2D eigenvalue weighted by molar-refractivity contribution is 6.63. The van der Waals surface area contributed by atoms with Crippen LogP contribution in [0.4, 0.5) is 5.69 Å². The van der Waals surface area contributed by atoms with E-state index < -0.39 is 64.2 Å². The van der Waals surface area contributed by atoms with Gasteiger partial charge in [0.2, 0.25) is 5.91 Å². The monoisotopic (exact) mass is 489 g/mol. The molecule has 0 spiro atoms. The minimum absolute atomic E-state index is 0.158. The van der Waals surface area contributed by atoms with Crippen LogP contribution in [0.25, 0.3) is 5.53 Å². The van der Waals surface area contributed by atoms with Crippen molar-refractivity contribution in [3.63, 3.8) is 0 Å². The Morgan fingerprint density at radius 3 is 2.37 bits per heavy atom. The maximum Gasteiger partial charge on any atom is 0.442 e. The van der Waals surface area contributed by atoms with Crippen molar-refractivity contribution in [3.8, 4) is 0 Å². The largest absolute Gasteiger partial charge is 0.465 e. The van der Waals surface area contributed by atoms with Gasteiger partial charge in [0.1, 0.15) is 0 Å². The minimum Gasteiger partial charge on any atom is -0.465 e. The van der Waals surface area contributed by atoms with Gasteiger partial charge in [-0.15, -0.1) is 0 Å². The highest BCUT2D eigenvalue weighted by Crippen LogP contribution is 2.26. The number of nitro benzene ring substituents is 1. The highest BCUT2D eigenvalue weighted by Gasteiger charge is 2.50. The maximum atomic E-state index is 12.8. The molecule has 14 nitrogen and oxygen atoms in total. The van der Waals surface area contributed by atoms with E-state index >= 15 is 0 Å². The molecule has 2 rings (SSSR count). The summed E-state index contributed by atoms with van der Waals surface area (Å²) in [5, 5.41) is 16.1. The van der Waals surface area contributed by atoms with Gasteiger partial charge in [-0.25, -0.2) is 9.59 Å². The Labute approximate surface area is 198 Å². The van der Waals surface area contributed by atoms with E-state index in [4.69, 9.17) is 4.74 Å². The van der Waals surface area contributed by atoms with Crippen LogP contribution in [0.3, 0.4) is 0 Å². The normalized spacial score (nSPS) is 18.1. The van der Waals surface area contributed by atoms with Crippen LogP contribution in [-0.4, -0.2) is 70.3 Å². The number of ether oxygens (including phenoxy) is 2. The van der Waals surface area contributed by atoms with Crippen LogP contribution in [0.2, 0.25) is 0 Å². The molecule has 1 aromatic rings. The third-order valence-corrected chi connectivity index (χ3v) is 5.39. The number of benzene rings is 1. The molecule has 0 aliphatic carbocycles. The van der Waals surface area contributed by atoms with Crippen molar-refractivity contribution in [3.05, 3.63) is 45.5 Å². The molecule has 0 radical (unpaired) electrons. The van der Waals surface area contributed by atoms with Crippen molar-refractivity contribution in [1.29, 1.82) is 0 Å². The zero-order valence-electron chi connectivity index (χ0n) is 19.0. The molecule has 186 valence electrons. The predicted molar refractivity (Wildman–Crippen MR) is 116 cm³/mol. The maximum absolute atomic E-state index is 12.8. The lowest BCUT2D eigenvalue weighted by molar-refractivity contribution is -0.384. The molecule has 1 heterocycles. The van der Waals surface area contributed by atoms with Crippen molar-refractivity contribution in [2.75, 3.05) is 13.2 Å². The Morgan fingerprint density at radius 2 is 1.86 bits per heavy atom. The second-order valence-corrected chi connectivity index (χ2v) is 7.62. The van der Waals surface area contributed by atoms with Crippen LogP contribution in [0, 0.1) is 22.0 Å². The molecule has 14 heteroatoms. The first-order chi connectivity index (χ1) is 16.5. The second-order valence-electron chi connectivity index (χ2n) is 7.62. The van der Waals surface area contributed by atoms with E-state index in [1.165, 1.54) is 6.92 Å². The number of carbonyl (C=O) groups excluding carboxylic acids is 5. The minimum atomic E-state index is -1.54. The quantitative estimate of drug-likeness (QED) is 0.0612. The molecule has 0 bridgehead atoms. The summed E-state index contributed by atoms with van der Waals surface area (Å²) in [7, 11) is 0. The predicted octanol–water partition coefficient (Wildman–Crippen LogP) is -0.190.